The average molecular weight is 193 g/mol. The molecule has 0 N–H and O–H groups in total. The van der Waals surface area contributed by atoms with Crippen LogP contribution in [0.1, 0.15) is 0 Å². The highest BCUT2D eigenvalue weighted by atomic mass is 35.5. The molecule has 0 radical (unpaired) electrons. The van der Waals surface area contributed by atoms with Crippen LogP contribution in [0.2, 0.25) is 0 Å². The molecule has 2 aromatic rings. The summed E-state index contributed by atoms with van der Waals surface area (Å²) in [5.74, 6) is 0. The Kier molecular flexibility index (Phi) is 3.41. The van der Waals surface area contributed by atoms with Gasteiger partial charge in [0.25, 0.3) is 0 Å². The fraction of sp³-hybridized carbons (Fsp3) is 0. The highest BCUT2D eigenvalue weighted by molar-refractivity contribution is 5.85. The molecule has 0 fully saturated rings. The summed E-state index contributed by atoms with van der Waals surface area (Å²) in [5, 5.41) is 0. The lowest BCUT2D eigenvalue weighted by atomic mass is 10.1. The maximum Gasteiger partial charge on any atom is 0.0273 e. The van der Waals surface area contributed by atoms with Crippen LogP contribution in [0.5, 0.6) is 0 Å². The standard InChI is InChI=1S/C10H8N2.ClH/c1-5-11-6-2-9(1)10-3-7-12-8-4-10;/h1-8H;1H. The monoisotopic (exact) mass is 192 g/mol. The van der Waals surface area contributed by atoms with Crippen LogP contribution in [-0.2, 0) is 0 Å². The molecule has 0 amide bonds. The van der Waals surface area contributed by atoms with Crippen molar-refractivity contribution in [1.82, 2.24) is 9.97 Å². The number of nitrogens with zero attached hydrogens (tertiary/aromatic N) is 2. The molecule has 0 aliphatic heterocycles. The number of pyridine rings is 2. The summed E-state index contributed by atoms with van der Waals surface area (Å²) >= 11 is 0. The molecule has 2 rings (SSSR count). The fourth-order valence-electron chi connectivity index (χ4n) is 1.09. The van der Waals surface area contributed by atoms with Crippen LogP contribution in [0.4, 0.5) is 0 Å². The van der Waals surface area contributed by atoms with Crippen molar-refractivity contribution in [2.75, 3.05) is 0 Å². The molecular formula is C10H9ClN2. The lowest BCUT2D eigenvalue weighted by Gasteiger charge is -1.97. The van der Waals surface area contributed by atoms with E-state index in [-0.39, 0.29) is 12.4 Å². The summed E-state index contributed by atoms with van der Waals surface area (Å²) in [7, 11) is 0. The van der Waals surface area contributed by atoms with Crippen LogP contribution < -0.4 is 0 Å². The first kappa shape index (κ1) is 9.68. The van der Waals surface area contributed by atoms with Gasteiger partial charge in [0.15, 0.2) is 0 Å². The number of hydrogen-bond donors (Lipinski definition) is 0. The van der Waals surface area contributed by atoms with Gasteiger partial charge in [0.1, 0.15) is 0 Å². The van der Waals surface area contributed by atoms with Crippen molar-refractivity contribution < 1.29 is 0 Å². The molecule has 3 heteroatoms. The predicted molar refractivity (Wildman–Crippen MR) is 54.7 cm³/mol. The van der Waals surface area contributed by atoms with E-state index in [4.69, 9.17) is 0 Å². The summed E-state index contributed by atoms with van der Waals surface area (Å²) in [6.45, 7) is 0. The van der Waals surface area contributed by atoms with Gasteiger partial charge in [0.05, 0.1) is 0 Å². The molecular weight excluding hydrogens is 184 g/mol. The van der Waals surface area contributed by atoms with E-state index >= 15 is 0 Å². The van der Waals surface area contributed by atoms with Gasteiger partial charge in [0.2, 0.25) is 0 Å². The number of rotatable bonds is 1. The van der Waals surface area contributed by atoms with Gasteiger partial charge < -0.3 is 0 Å². The molecule has 0 aliphatic rings. The van der Waals surface area contributed by atoms with Gasteiger partial charge in [-0.1, -0.05) is 0 Å². The number of hydrogen-bond acceptors (Lipinski definition) is 2. The first-order chi connectivity index (χ1) is 5.97. The topological polar surface area (TPSA) is 25.8 Å². The van der Waals surface area contributed by atoms with Gasteiger partial charge in [0, 0.05) is 24.8 Å². The van der Waals surface area contributed by atoms with Crippen LogP contribution in [0.3, 0.4) is 0 Å². The molecule has 0 atom stereocenters. The van der Waals surface area contributed by atoms with Gasteiger partial charge >= 0.3 is 0 Å². The van der Waals surface area contributed by atoms with Crippen LogP contribution in [0.25, 0.3) is 11.1 Å². The Balaban J connectivity index is 0.000000845. The second-order valence-electron chi connectivity index (χ2n) is 2.47. The summed E-state index contributed by atoms with van der Waals surface area (Å²) in [4.78, 5) is 7.91. The van der Waals surface area contributed by atoms with Crippen molar-refractivity contribution in [3.8, 4) is 11.1 Å². The van der Waals surface area contributed by atoms with Crippen molar-refractivity contribution >= 4 is 12.4 Å². The molecule has 0 aliphatic carbocycles. The van der Waals surface area contributed by atoms with E-state index in [1.165, 1.54) is 11.1 Å². The summed E-state index contributed by atoms with van der Waals surface area (Å²) in [6, 6.07) is 7.93. The lowest BCUT2D eigenvalue weighted by molar-refractivity contribution is 1.31. The van der Waals surface area contributed by atoms with Crippen molar-refractivity contribution in [1.29, 1.82) is 0 Å². The first-order valence-corrected chi connectivity index (χ1v) is 3.77. The predicted octanol–water partition coefficient (Wildman–Crippen LogP) is 2.57. The second-order valence-corrected chi connectivity index (χ2v) is 2.47. The molecule has 66 valence electrons. The lowest BCUT2D eigenvalue weighted by Crippen LogP contribution is -1.77. The molecule has 0 unspecified atom stereocenters. The van der Waals surface area contributed by atoms with Crippen molar-refractivity contribution in [3.05, 3.63) is 49.1 Å². The Bertz CT molecular complexity index is 310. The minimum absolute atomic E-state index is 0. The van der Waals surface area contributed by atoms with Crippen LogP contribution >= 0.6 is 12.4 Å². The van der Waals surface area contributed by atoms with E-state index in [2.05, 4.69) is 9.97 Å². The quantitative estimate of drug-likeness (QED) is 0.694. The average Bonchev–Trinajstić information content (AvgIpc) is 2.21. The highest BCUT2D eigenvalue weighted by Crippen LogP contribution is 2.15. The van der Waals surface area contributed by atoms with Gasteiger partial charge in [-0.25, -0.2) is 0 Å². The van der Waals surface area contributed by atoms with Crippen molar-refractivity contribution in [3.63, 3.8) is 0 Å². The Morgan fingerprint density at radius 1 is 0.615 bits per heavy atom. The Labute approximate surface area is 83.1 Å². The Morgan fingerprint density at radius 3 is 1.23 bits per heavy atom. The van der Waals surface area contributed by atoms with Crippen LogP contribution in [0, 0.1) is 0 Å². The molecule has 0 saturated carbocycles. The molecule has 2 nitrogen and oxygen atoms in total. The minimum Gasteiger partial charge on any atom is -0.265 e. The van der Waals surface area contributed by atoms with E-state index in [1.54, 1.807) is 24.8 Å². The minimum atomic E-state index is 0. The smallest absolute Gasteiger partial charge is 0.0273 e. The Morgan fingerprint density at radius 2 is 0.923 bits per heavy atom. The van der Waals surface area contributed by atoms with E-state index in [0.717, 1.165) is 0 Å². The highest BCUT2D eigenvalue weighted by Gasteiger charge is 1.92. The number of halogens is 1. The largest absolute Gasteiger partial charge is 0.265 e. The third-order valence-corrected chi connectivity index (χ3v) is 1.69. The normalized spacial score (nSPS) is 8.92. The molecule has 0 aromatic carbocycles. The molecule has 2 heterocycles. The SMILES string of the molecule is Cl.c1cc(-c2ccncc2)ccn1. The molecule has 0 spiro atoms. The van der Waals surface area contributed by atoms with E-state index in [9.17, 15) is 0 Å². The maximum absolute atomic E-state index is 3.96. The zero-order valence-corrected chi connectivity index (χ0v) is 7.74. The zero-order chi connectivity index (χ0) is 8.23. The third-order valence-electron chi connectivity index (χ3n) is 1.69. The summed E-state index contributed by atoms with van der Waals surface area (Å²) in [5.41, 5.74) is 2.35. The van der Waals surface area contributed by atoms with Gasteiger partial charge in [-0.05, 0) is 35.4 Å². The van der Waals surface area contributed by atoms with E-state index in [1.807, 2.05) is 24.3 Å². The summed E-state index contributed by atoms with van der Waals surface area (Å²) in [6.07, 6.45) is 7.15. The van der Waals surface area contributed by atoms with E-state index < -0.39 is 0 Å². The Hall–Kier alpha value is -1.41. The number of aromatic nitrogens is 2. The maximum atomic E-state index is 3.96. The molecule has 0 saturated heterocycles. The first-order valence-electron chi connectivity index (χ1n) is 3.77. The zero-order valence-electron chi connectivity index (χ0n) is 6.92. The fourth-order valence-corrected chi connectivity index (χ4v) is 1.09. The van der Waals surface area contributed by atoms with Crippen molar-refractivity contribution in [2.24, 2.45) is 0 Å². The van der Waals surface area contributed by atoms with Gasteiger partial charge in [-0.15, -0.1) is 12.4 Å². The molecule has 13 heavy (non-hydrogen) atoms. The second kappa shape index (κ2) is 4.58. The molecule has 0 bridgehead atoms. The summed E-state index contributed by atoms with van der Waals surface area (Å²) < 4.78 is 0. The van der Waals surface area contributed by atoms with Gasteiger partial charge in [-0.2, -0.15) is 0 Å². The van der Waals surface area contributed by atoms with E-state index in [0.29, 0.717) is 0 Å². The van der Waals surface area contributed by atoms with Crippen LogP contribution in [0.15, 0.2) is 49.1 Å². The van der Waals surface area contributed by atoms with Crippen molar-refractivity contribution in [2.45, 2.75) is 0 Å². The molecule has 2 aromatic heterocycles. The third kappa shape index (κ3) is 2.26. The van der Waals surface area contributed by atoms with Gasteiger partial charge in [-0.3, -0.25) is 9.97 Å². The van der Waals surface area contributed by atoms with Crippen LogP contribution in [-0.4, -0.2) is 9.97 Å².